The molecule has 1 aromatic carbocycles. The number of aromatic nitrogens is 1. The van der Waals surface area contributed by atoms with Crippen LogP contribution in [0, 0.1) is 0 Å². The molecule has 2 aliphatic rings. The molecule has 0 spiro atoms. The van der Waals surface area contributed by atoms with Gasteiger partial charge in [0.1, 0.15) is 5.69 Å². The van der Waals surface area contributed by atoms with Crippen LogP contribution in [0.1, 0.15) is 30.3 Å². The first-order valence-corrected chi connectivity index (χ1v) is 11.2. The van der Waals surface area contributed by atoms with Crippen LogP contribution in [0.25, 0.3) is 10.9 Å². The van der Waals surface area contributed by atoms with Crippen molar-refractivity contribution in [3.05, 3.63) is 30.0 Å². The fourth-order valence-electron chi connectivity index (χ4n) is 3.97. The lowest BCUT2D eigenvalue weighted by atomic mass is 10.2. The summed E-state index contributed by atoms with van der Waals surface area (Å²) < 4.78 is 28.4. The highest BCUT2D eigenvalue weighted by atomic mass is 32.2. The summed E-state index contributed by atoms with van der Waals surface area (Å²) in [7, 11) is -3.46. The molecule has 1 aromatic heterocycles. The maximum absolute atomic E-state index is 13.1. The van der Waals surface area contributed by atoms with E-state index in [0.717, 1.165) is 23.7 Å². The number of carbonyl (C=O) groups excluding carboxylic acids is 2. The van der Waals surface area contributed by atoms with E-state index in [2.05, 4.69) is 10.3 Å². The van der Waals surface area contributed by atoms with Gasteiger partial charge in [-0.1, -0.05) is 18.2 Å². The Morgan fingerprint density at radius 1 is 0.966 bits per heavy atom. The molecular weight excluding hydrogens is 394 g/mol. The van der Waals surface area contributed by atoms with Gasteiger partial charge in [-0.2, -0.15) is 17.0 Å². The molecule has 0 unspecified atom stereocenters. The number of fused-ring (bicyclic) bond motifs is 1. The lowest BCUT2D eigenvalue weighted by molar-refractivity contribution is -0.114. The van der Waals surface area contributed by atoms with E-state index in [9.17, 15) is 18.0 Å². The zero-order chi connectivity index (χ0) is 20.6. The maximum atomic E-state index is 13.1. The van der Waals surface area contributed by atoms with Gasteiger partial charge in [-0.3, -0.25) is 9.59 Å². The Labute approximate surface area is 169 Å². The van der Waals surface area contributed by atoms with E-state index in [-0.39, 0.29) is 24.9 Å². The molecule has 2 amide bonds. The number of nitrogens with zero attached hydrogens (tertiary/aromatic N) is 3. The van der Waals surface area contributed by atoms with Gasteiger partial charge in [0.25, 0.3) is 16.1 Å². The Hall–Kier alpha value is -2.43. The number of anilines is 1. The van der Waals surface area contributed by atoms with Gasteiger partial charge in [-0.25, -0.2) is 0 Å². The average molecular weight is 420 g/mol. The highest BCUT2D eigenvalue weighted by Gasteiger charge is 2.35. The molecule has 2 aliphatic heterocycles. The van der Waals surface area contributed by atoms with E-state index < -0.39 is 10.2 Å². The van der Waals surface area contributed by atoms with Crippen LogP contribution >= 0.6 is 0 Å². The van der Waals surface area contributed by atoms with Crippen molar-refractivity contribution in [2.75, 3.05) is 44.6 Å². The summed E-state index contributed by atoms with van der Waals surface area (Å²) >= 11 is 0. The summed E-state index contributed by atoms with van der Waals surface area (Å²) in [4.78, 5) is 29.5. The second-order valence-electron chi connectivity index (χ2n) is 7.41. The number of carbonyl (C=O) groups is 2. The number of aromatic amines is 1. The maximum Gasteiger partial charge on any atom is 0.282 e. The predicted octanol–water partition coefficient (Wildman–Crippen LogP) is 1.22. The number of para-hydroxylation sites is 1. The number of hydrogen-bond donors (Lipinski definition) is 2. The zero-order valence-electron chi connectivity index (χ0n) is 16.3. The van der Waals surface area contributed by atoms with Gasteiger partial charge in [0.15, 0.2) is 0 Å². The molecule has 2 N–H and O–H groups in total. The Morgan fingerprint density at radius 2 is 1.59 bits per heavy atom. The van der Waals surface area contributed by atoms with E-state index in [1.807, 2.05) is 24.3 Å². The highest BCUT2D eigenvalue weighted by Crippen LogP contribution is 2.29. The molecule has 2 aromatic rings. The van der Waals surface area contributed by atoms with Crippen LogP contribution in [0.2, 0.25) is 0 Å². The molecule has 156 valence electrons. The standard InChI is InChI=1S/C19H25N5O4S/c1-14(25)20-17-15-6-2-3-7-16(15)21-18(17)19(26)22-10-12-24(13-11-22)29(27,28)23-8-4-5-9-23/h2-3,6-7,21H,4-5,8-13H2,1H3,(H,20,25). The highest BCUT2D eigenvalue weighted by molar-refractivity contribution is 7.86. The van der Waals surface area contributed by atoms with E-state index in [1.54, 1.807) is 4.90 Å². The van der Waals surface area contributed by atoms with Gasteiger partial charge in [0.2, 0.25) is 5.91 Å². The molecule has 2 saturated heterocycles. The van der Waals surface area contributed by atoms with Crippen molar-refractivity contribution in [3.63, 3.8) is 0 Å². The number of nitrogens with one attached hydrogen (secondary N) is 2. The quantitative estimate of drug-likeness (QED) is 0.777. The summed E-state index contributed by atoms with van der Waals surface area (Å²) in [5, 5.41) is 3.52. The molecule has 0 radical (unpaired) electrons. The van der Waals surface area contributed by atoms with Crippen LogP contribution in [0.15, 0.2) is 24.3 Å². The zero-order valence-corrected chi connectivity index (χ0v) is 17.2. The van der Waals surface area contributed by atoms with Crippen molar-refractivity contribution >= 4 is 38.6 Å². The molecule has 2 fully saturated rings. The first-order chi connectivity index (χ1) is 13.9. The van der Waals surface area contributed by atoms with Gasteiger partial charge in [-0.15, -0.1) is 0 Å². The molecule has 29 heavy (non-hydrogen) atoms. The minimum Gasteiger partial charge on any atom is -0.349 e. The second kappa shape index (κ2) is 7.77. The van der Waals surface area contributed by atoms with Crippen molar-refractivity contribution in [2.45, 2.75) is 19.8 Å². The summed E-state index contributed by atoms with van der Waals surface area (Å²) in [5.41, 5.74) is 1.54. The van der Waals surface area contributed by atoms with Crippen LogP contribution < -0.4 is 5.32 Å². The molecule has 0 atom stereocenters. The van der Waals surface area contributed by atoms with Crippen LogP contribution in [0.3, 0.4) is 0 Å². The lowest BCUT2D eigenvalue weighted by Crippen LogP contribution is -2.53. The molecule has 0 bridgehead atoms. The first kappa shape index (κ1) is 19.9. The first-order valence-electron chi connectivity index (χ1n) is 9.81. The number of hydrogen-bond acceptors (Lipinski definition) is 4. The van der Waals surface area contributed by atoms with Crippen LogP contribution in [-0.4, -0.2) is 78.0 Å². The molecule has 0 aliphatic carbocycles. The Bertz CT molecular complexity index is 1030. The summed E-state index contributed by atoms with van der Waals surface area (Å²) in [6, 6.07) is 7.39. The molecule has 10 heteroatoms. The van der Waals surface area contributed by atoms with Gasteiger partial charge in [-0.05, 0) is 18.9 Å². The van der Waals surface area contributed by atoms with Gasteiger partial charge in [0.05, 0.1) is 5.69 Å². The van der Waals surface area contributed by atoms with Crippen LogP contribution in [0.4, 0.5) is 5.69 Å². The number of benzene rings is 1. The molecule has 9 nitrogen and oxygen atoms in total. The van der Waals surface area contributed by atoms with Crippen molar-refractivity contribution in [3.8, 4) is 0 Å². The fraction of sp³-hybridized carbons (Fsp3) is 0.474. The van der Waals surface area contributed by atoms with Crippen molar-refractivity contribution in [2.24, 2.45) is 0 Å². The van der Waals surface area contributed by atoms with E-state index in [4.69, 9.17) is 0 Å². The van der Waals surface area contributed by atoms with Crippen LogP contribution in [0.5, 0.6) is 0 Å². The van der Waals surface area contributed by atoms with Crippen molar-refractivity contribution in [1.82, 2.24) is 18.5 Å². The average Bonchev–Trinajstić information content (AvgIpc) is 3.37. The third-order valence-electron chi connectivity index (χ3n) is 5.46. The fourth-order valence-corrected chi connectivity index (χ4v) is 5.64. The van der Waals surface area contributed by atoms with Crippen molar-refractivity contribution in [1.29, 1.82) is 0 Å². The summed E-state index contributed by atoms with van der Waals surface area (Å²) in [5.74, 6) is -0.506. The molecule has 4 rings (SSSR count). The molecule has 0 saturated carbocycles. The SMILES string of the molecule is CC(=O)Nc1c(C(=O)N2CCN(S(=O)(=O)N3CCCC3)CC2)[nH]c2ccccc12. The number of H-pyrrole nitrogens is 1. The predicted molar refractivity (Wildman–Crippen MR) is 110 cm³/mol. The Balaban J connectivity index is 1.52. The van der Waals surface area contributed by atoms with Crippen LogP contribution in [-0.2, 0) is 15.0 Å². The summed E-state index contributed by atoms with van der Waals surface area (Å²) in [6.45, 7) is 3.67. The van der Waals surface area contributed by atoms with Gasteiger partial charge >= 0.3 is 0 Å². The Morgan fingerprint density at radius 3 is 2.24 bits per heavy atom. The van der Waals surface area contributed by atoms with Gasteiger partial charge in [0, 0.05) is 57.1 Å². The minimum atomic E-state index is -3.46. The monoisotopic (exact) mass is 419 g/mol. The van der Waals surface area contributed by atoms with E-state index >= 15 is 0 Å². The third kappa shape index (κ3) is 3.75. The van der Waals surface area contributed by atoms with E-state index in [1.165, 1.54) is 15.5 Å². The second-order valence-corrected chi connectivity index (χ2v) is 9.34. The molecule has 3 heterocycles. The molecular formula is C19H25N5O4S. The number of piperazine rings is 1. The lowest BCUT2D eigenvalue weighted by Gasteiger charge is -2.35. The van der Waals surface area contributed by atoms with E-state index in [0.29, 0.717) is 37.6 Å². The number of amides is 2. The largest absolute Gasteiger partial charge is 0.349 e. The van der Waals surface area contributed by atoms with Gasteiger partial charge < -0.3 is 15.2 Å². The smallest absolute Gasteiger partial charge is 0.282 e. The minimum absolute atomic E-state index is 0.247. The summed E-state index contributed by atoms with van der Waals surface area (Å²) in [6.07, 6.45) is 1.79. The Kier molecular flexibility index (Phi) is 5.32. The topological polar surface area (TPSA) is 106 Å². The number of rotatable bonds is 4. The normalized spacial score (nSPS) is 19.0. The van der Waals surface area contributed by atoms with Crippen molar-refractivity contribution < 1.29 is 18.0 Å². The third-order valence-corrected chi connectivity index (χ3v) is 7.50.